The highest BCUT2D eigenvalue weighted by molar-refractivity contribution is 5.87. The third-order valence-electron chi connectivity index (χ3n) is 3.28. The number of hydrogen-bond acceptors (Lipinski definition) is 3. The molecule has 0 aliphatic rings. The Morgan fingerprint density at radius 2 is 1.76 bits per heavy atom. The summed E-state index contributed by atoms with van der Waals surface area (Å²) >= 11 is 0. The summed E-state index contributed by atoms with van der Waals surface area (Å²) in [6.07, 6.45) is 1.58. The number of anilines is 1. The minimum atomic E-state index is -0.140. The van der Waals surface area contributed by atoms with Gasteiger partial charge in [-0.2, -0.15) is 5.10 Å². The minimum absolute atomic E-state index is 0.140. The molecular formula is C17H15N3O. The highest BCUT2D eigenvalue weighted by Gasteiger charge is 2.01. The van der Waals surface area contributed by atoms with Crippen molar-refractivity contribution in [1.82, 2.24) is 4.98 Å². The Kier molecular flexibility index (Phi) is 3.51. The number of benzene rings is 2. The molecule has 4 heteroatoms. The van der Waals surface area contributed by atoms with Crippen LogP contribution in [-0.4, -0.2) is 18.2 Å². The maximum absolute atomic E-state index is 12.0. The van der Waals surface area contributed by atoms with Crippen molar-refractivity contribution < 1.29 is 0 Å². The Labute approximate surface area is 122 Å². The zero-order valence-electron chi connectivity index (χ0n) is 11.7. The van der Waals surface area contributed by atoms with E-state index in [-0.39, 0.29) is 5.56 Å². The van der Waals surface area contributed by atoms with E-state index in [1.807, 2.05) is 67.7 Å². The predicted octanol–water partition coefficient (Wildman–Crippen LogP) is 3.00. The van der Waals surface area contributed by atoms with Crippen LogP contribution in [0, 0.1) is 0 Å². The average molecular weight is 277 g/mol. The first kappa shape index (κ1) is 13.1. The van der Waals surface area contributed by atoms with Crippen LogP contribution in [0.1, 0.15) is 5.56 Å². The number of hydrogen-bond donors (Lipinski definition) is 1. The van der Waals surface area contributed by atoms with Crippen molar-refractivity contribution in [2.45, 2.75) is 0 Å². The Hall–Kier alpha value is -2.88. The molecule has 0 radical (unpaired) electrons. The summed E-state index contributed by atoms with van der Waals surface area (Å²) in [6.45, 7) is 0. The zero-order chi connectivity index (χ0) is 14.7. The molecule has 2 aromatic carbocycles. The molecule has 0 aliphatic carbocycles. The quantitative estimate of drug-likeness (QED) is 0.591. The summed E-state index contributed by atoms with van der Waals surface area (Å²) in [5.74, 6) is 0. The molecular weight excluding hydrogens is 262 g/mol. The molecule has 0 fully saturated rings. The molecule has 0 unspecified atom stereocenters. The Morgan fingerprint density at radius 1 is 1.05 bits per heavy atom. The summed E-state index contributed by atoms with van der Waals surface area (Å²) in [4.78, 5) is 14.9. The molecule has 3 aromatic rings. The van der Waals surface area contributed by atoms with E-state index >= 15 is 0 Å². The molecule has 0 atom stereocenters. The Bertz CT molecular complexity index is 837. The molecule has 0 spiro atoms. The van der Waals surface area contributed by atoms with Gasteiger partial charge in [0.25, 0.3) is 5.56 Å². The fourth-order valence-corrected chi connectivity index (χ4v) is 2.12. The summed E-state index contributed by atoms with van der Waals surface area (Å²) < 4.78 is 0. The molecule has 3 rings (SSSR count). The fraction of sp³-hybridized carbons (Fsp3) is 0.0588. The number of aromatic nitrogens is 1. The number of hydrazone groups is 1. The molecule has 0 saturated heterocycles. The maximum atomic E-state index is 12.0. The lowest BCUT2D eigenvalue weighted by Gasteiger charge is -2.11. The van der Waals surface area contributed by atoms with Crippen molar-refractivity contribution in [2.75, 3.05) is 12.1 Å². The van der Waals surface area contributed by atoms with Crippen molar-refractivity contribution in [3.05, 3.63) is 76.6 Å². The van der Waals surface area contributed by atoms with E-state index in [1.165, 1.54) is 0 Å². The van der Waals surface area contributed by atoms with Crippen molar-refractivity contribution in [2.24, 2.45) is 5.10 Å². The SMILES string of the molecule is CN(/N=C/c1cc2ccccc2[nH]c1=O)c1ccccc1. The number of para-hydroxylation sites is 2. The van der Waals surface area contributed by atoms with E-state index in [0.29, 0.717) is 5.56 Å². The number of nitrogens with one attached hydrogen (secondary N) is 1. The fourth-order valence-electron chi connectivity index (χ4n) is 2.12. The van der Waals surface area contributed by atoms with Crippen LogP contribution >= 0.6 is 0 Å². The second-order valence-electron chi connectivity index (χ2n) is 4.74. The van der Waals surface area contributed by atoms with Crippen molar-refractivity contribution in [1.29, 1.82) is 0 Å². The third kappa shape index (κ3) is 2.84. The highest BCUT2D eigenvalue weighted by Crippen LogP contribution is 2.12. The molecule has 0 saturated carbocycles. The average Bonchev–Trinajstić information content (AvgIpc) is 2.53. The van der Waals surface area contributed by atoms with Gasteiger partial charge in [0.1, 0.15) is 0 Å². The van der Waals surface area contributed by atoms with E-state index in [9.17, 15) is 4.79 Å². The number of H-pyrrole nitrogens is 1. The lowest BCUT2D eigenvalue weighted by molar-refractivity contribution is 1.02. The van der Waals surface area contributed by atoms with Crippen LogP contribution < -0.4 is 10.6 Å². The number of nitrogens with zero attached hydrogens (tertiary/aromatic N) is 2. The standard InChI is InChI=1S/C17H15N3O/c1-20(15-8-3-2-4-9-15)18-12-14-11-13-7-5-6-10-16(13)19-17(14)21/h2-12H,1H3,(H,19,21)/b18-12+. The normalized spacial score (nSPS) is 11.1. The van der Waals surface area contributed by atoms with Crippen LogP contribution in [0.25, 0.3) is 10.9 Å². The first-order valence-corrected chi connectivity index (χ1v) is 6.69. The molecule has 21 heavy (non-hydrogen) atoms. The third-order valence-corrected chi connectivity index (χ3v) is 3.28. The van der Waals surface area contributed by atoms with Crippen LogP contribution in [0.2, 0.25) is 0 Å². The van der Waals surface area contributed by atoms with E-state index in [1.54, 1.807) is 11.2 Å². The monoisotopic (exact) mass is 277 g/mol. The van der Waals surface area contributed by atoms with Crippen LogP contribution in [-0.2, 0) is 0 Å². The predicted molar refractivity (Wildman–Crippen MR) is 87.0 cm³/mol. The van der Waals surface area contributed by atoms with E-state index in [4.69, 9.17) is 0 Å². The second kappa shape index (κ2) is 5.63. The van der Waals surface area contributed by atoms with Gasteiger partial charge < -0.3 is 4.98 Å². The van der Waals surface area contributed by atoms with Gasteiger partial charge in [-0.15, -0.1) is 0 Å². The summed E-state index contributed by atoms with van der Waals surface area (Å²) in [5.41, 5.74) is 2.19. The van der Waals surface area contributed by atoms with Crippen LogP contribution in [0.15, 0.2) is 70.6 Å². The van der Waals surface area contributed by atoms with E-state index < -0.39 is 0 Å². The van der Waals surface area contributed by atoms with Gasteiger partial charge in [0, 0.05) is 12.6 Å². The summed E-state index contributed by atoms with van der Waals surface area (Å²) in [6, 6.07) is 19.3. The van der Waals surface area contributed by atoms with Gasteiger partial charge in [0.15, 0.2) is 0 Å². The lowest BCUT2D eigenvalue weighted by Crippen LogP contribution is -2.14. The highest BCUT2D eigenvalue weighted by atomic mass is 16.1. The first-order chi connectivity index (χ1) is 10.2. The molecule has 1 aromatic heterocycles. The molecule has 1 N–H and O–H groups in total. The van der Waals surface area contributed by atoms with E-state index in [2.05, 4.69) is 10.1 Å². The summed E-state index contributed by atoms with van der Waals surface area (Å²) in [7, 11) is 1.85. The number of fused-ring (bicyclic) bond motifs is 1. The largest absolute Gasteiger partial charge is 0.321 e. The van der Waals surface area contributed by atoms with Crippen molar-refractivity contribution in [3.63, 3.8) is 0 Å². The topological polar surface area (TPSA) is 48.5 Å². The van der Waals surface area contributed by atoms with Gasteiger partial charge in [-0.05, 0) is 29.7 Å². The van der Waals surface area contributed by atoms with Crippen LogP contribution in [0.4, 0.5) is 5.69 Å². The van der Waals surface area contributed by atoms with Gasteiger partial charge >= 0.3 is 0 Å². The number of aromatic amines is 1. The minimum Gasteiger partial charge on any atom is -0.321 e. The molecule has 0 amide bonds. The van der Waals surface area contributed by atoms with Gasteiger partial charge in [-0.1, -0.05) is 36.4 Å². The summed E-state index contributed by atoms with van der Waals surface area (Å²) in [5, 5.41) is 7.04. The van der Waals surface area contributed by atoms with Gasteiger partial charge in [0.2, 0.25) is 0 Å². The molecule has 0 bridgehead atoms. The number of rotatable bonds is 3. The first-order valence-electron chi connectivity index (χ1n) is 6.69. The molecule has 0 aliphatic heterocycles. The lowest BCUT2D eigenvalue weighted by atomic mass is 10.2. The number of pyridine rings is 1. The van der Waals surface area contributed by atoms with Gasteiger partial charge in [-0.3, -0.25) is 9.80 Å². The van der Waals surface area contributed by atoms with Crippen LogP contribution in [0.3, 0.4) is 0 Å². The van der Waals surface area contributed by atoms with Crippen molar-refractivity contribution >= 4 is 22.8 Å². The second-order valence-corrected chi connectivity index (χ2v) is 4.74. The molecule has 4 nitrogen and oxygen atoms in total. The maximum Gasteiger partial charge on any atom is 0.257 e. The molecule has 104 valence electrons. The van der Waals surface area contributed by atoms with E-state index in [0.717, 1.165) is 16.6 Å². The van der Waals surface area contributed by atoms with Gasteiger partial charge in [0.05, 0.1) is 17.5 Å². The smallest absolute Gasteiger partial charge is 0.257 e. The van der Waals surface area contributed by atoms with Crippen LogP contribution in [0.5, 0.6) is 0 Å². The Balaban J connectivity index is 1.92. The zero-order valence-corrected chi connectivity index (χ0v) is 11.7. The van der Waals surface area contributed by atoms with Crippen molar-refractivity contribution in [3.8, 4) is 0 Å². The van der Waals surface area contributed by atoms with Gasteiger partial charge in [-0.25, -0.2) is 0 Å². The molecule has 1 heterocycles. The Morgan fingerprint density at radius 3 is 2.57 bits per heavy atom.